The standard InChI is InChI=1S/C23H18ClN3O4/c24-18-6-2-4-8-20(18)31-16-11-9-15(10-12-16)25-21(28)13-14-27-19-7-3-1-5-17(19)22(29)26-23(27)30/h1-12H,13-14H2,(H,25,28)(H,26,29,30). The van der Waals surface area contributed by atoms with E-state index in [4.69, 9.17) is 16.3 Å². The van der Waals surface area contributed by atoms with Gasteiger partial charge in [-0.1, -0.05) is 35.9 Å². The summed E-state index contributed by atoms with van der Waals surface area (Å²) in [7, 11) is 0. The number of aryl methyl sites for hydroxylation is 1. The van der Waals surface area contributed by atoms with Gasteiger partial charge in [-0.25, -0.2) is 4.79 Å². The lowest BCUT2D eigenvalue weighted by Crippen LogP contribution is -2.31. The highest BCUT2D eigenvalue weighted by atomic mass is 35.5. The van der Waals surface area contributed by atoms with Crippen molar-refractivity contribution in [3.63, 3.8) is 0 Å². The molecule has 0 radical (unpaired) electrons. The summed E-state index contributed by atoms with van der Waals surface area (Å²) in [5, 5.41) is 3.69. The van der Waals surface area contributed by atoms with Gasteiger partial charge >= 0.3 is 5.69 Å². The number of anilines is 1. The molecule has 0 aliphatic carbocycles. The molecule has 4 aromatic rings. The van der Waals surface area contributed by atoms with Gasteiger partial charge in [-0.05, 0) is 48.5 Å². The van der Waals surface area contributed by atoms with Gasteiger partial charge in [0.25, 0.3) is 5.56 Å². The predicted molar refractivity (Wildman–Crippen MR) is 120 cm³/mol. The Kier molecular flexibility index (Phi) is 5.86. The fraction of sp³-hybridized carbons (Fsp3) is 0.0870. The molecule has 0 aliphatic heterocycles. The number of aromatic nitrogens is 2. The van der Waals surface area contributed by atoms with Gasteiger partial charge in [0.15, 0.2) is 0 Å². The Morgan fingerprint density at radius 2 is 1.68 bits per heavy atom. The maximum atomic E-state index is 12.4. The molecule has 156 valence electrons. The second-order valence-corrected chi connectivity index (χ2v) is 7.19. The summed E-state index contributed by atoms with van der Waals surface area (Å²) in [6.45, 7) is 0.135. The summed E-state index contributed by atoms with van der Waals surface area (Å²) >= 11 is 6.09. The van der Waals surface area contributed by atoms with Crippen LogP contribution >= 0.6 is 11.6 Å². The van der Waals surface area contributed by atoms with Crippen LogP contribution in [0.5, 0.6) is 11.5 Å². The summed E-state index contributed by atoms with van der Waals surface area (Å²) in [6.07, 6.45) is 0.0633. The molecular formula is C23H18ClN3O4. The fourth-order valence-corrected chi connectivity index (χ4v) is 3.34. The van der Waals surface area contributed by atoms with Gasteiger partial charge in [-0.15, -0.1) is 0 Å². The molecular weight excluding hydrogens is 418 g/mol. The Morgan fingerprint density at radius 1 is 0.968 bits per heavy atom. The van der Waals surface area contributed by atoms with Crippen molar-refractivity contribution < 1.29 is 9.53 Å². The first kappa shape index (κ1) is 20.4. The van der Waals surface area contributed by atoms with Crippen molar-refractivity contribution in [1.82, 2.24) is 9.55 Å². The molecule has 3 aromatic carbocycles. The number of aromatic amines is 1. The first-order chi connectivity index (χ1) is 15.0. The number of nitrogens with one attached hydrogen (secondary N) is 2. The molecule has 0 fully saturated rings. The zero-order valence-electron chi connectivity index (χ0n) is 16.3. The van der Waals surface area contributed by atoms with Gasteiger partial charge in [0.05, 0.1) is 15.9 Å². The summed E-state index contributed by atoms with van der Waals surface area (Å²) in [5.74, 6) is 0.860. The van der Waals surface area contributed by atoms with Gasteiger partial charge in [0, 0.05) is 18.7 Å². The SMILES string of the molecule is O=C(CCn1c(=O)[nH]c(=O)c2ccccc21)Nc1ccc(Oc2ccccc2Cl)cc1. The normalized spacial score (nSPS) is 10.7. The maximum Gasteiger partial charge on any atom is 0.328 e. The molecule has 0 atom stereocenters. The molecule has 1 heterocycles. The number of ether oxygens (including phenoxy) is 1. The molecule has 0 bridgehead atoms. The van der Waals surface area contributed by atoms with Crippen LogP contribution < -0.4 is 21.3 Å². The van der Waals surface area contributed by atoms with E-state index >= 15 is 0 Å². The molecule has 0 saturated heterocycles. The number of rotatable bonds is 6. The Bertz CT molecular complexity index is 1360. The molecule has 31 heavy (non-hydrogen) atoms. The Hall–Kier alpha value is -3.84. The molecule has 4 rings (SSSR count). The van der Waals surface area contributed by atoms with Crippen LogP contribution in [0.1, 0.15) is 6.42 Å². The maximum absolute atomic E-state index is 12.4. The van der Waals surface area contributed by atoms with E-state index in [1.54, 1.807) is 60.7 Å². The number of para-hydroxylation sites is 2. The summed E-state index contributed by atoms with van der Waals surface area (Å²) in [5.41, 5.74) is 0.0956. The zero-order chi connectivity index (χ0) is 21.8. The van der Waals surface area contributed by atoms with Crippen LogP contribution in [0, 0.1) is 0 Å². The van der Waals surface area contributed by atoms with Gasteiger partial charge in [0.2, 0.25) is 5.91 Å². The molecule has 0 saturated carbocycles. The van der Waals surface area contributed by atoms with Crippen molar-refractivity contribution in [2.24, 2.45) is 0 Å². The van der Waals surface area contributed by atoms with Crippen LogP contribution in [0.2, 0.25) is 5.02 Å². The topological polar surface area (TPSA) is 93.2 Å². The minimum Gasteiger partial charge on any atom is -0.456 e. The van der Waals surface area contributed by atoms with Crippen LogP contribution in [-0.2, 0) is 11.3 Å². The van der Waals surface area contributed by atoms with Crippen LogP contribution in [0.25, 0.3) is 10.9 Å². The third kappa shape index (κ3) is 4.67. The quantitative estimate of drug-likeness (QED) is 0.475. The van der Waals surface area contributed by atoms with Gasteiger partial charge in [0.1, 0.15) is 11.5 Å². The molecule has 0 aliphatic rings. The molecule has 1 amide bonds. The highest BCUT2D eigenvalue weighted by molar-refractivity contribution is 6.32. The Labute approximate surface area is 181 Å². The van der Waals surface area contributed by atoms with E-state index in [-0.39, 0.29) is 18.9 Å². The average Bonchev–Trinajstić information content (AvgIpc) is 2.76. The number of halogens is 1. The Morgan fingerprint density at radius 3 is 2.45 bits per heavy atom. The third-order valence-corrected chi connectivity index (χ3v) is 4.98. The summed E-state index contributed by atoms with van der Waals surface area (Å²) in [4.78, 5) is 38.8. The molecule has 2 N–H and O–H groups in total. The fourth-order valence-electron chi connectivity index (χ4n) is 3.16. The first-order valence-electron chi connectivity index (χ1n) is 9.55. The number of benzene rings is 3. The predicted octanol–water partition coefficient (Wildman–Crippen LogP) is 4.16. The number of carbonyl (C=O) groups excluding carboxylic acids is 1. The second-order valence-electron chi connectivity index (χ2n) is 6.78. The van der Waals surface area contributed by atoms with Crippen LogP contribution in [0.3, 0.4) is 0 Å². The molecule has 8 heteroatoms. The van der Waals surface area contributed by atoms with Crippen LogP contribution in [0.4, 0.5) is 5.69 Å². The van der Waals surface area contributed by atoms with E-state index in [1.807, 2.05) is 12.1 Å². The minimum absolute atomic E-state index is 0.0633. The summed E-state index contributed by atoms with van der Waals surface area (Å²) in [6, 6.07) is 20.8. The molecule has 1 aromatic heterocycles. The lowest BCUT2D eigenvalue weighted by Gasteiger charge is -2.11. The first-order valence-corrected chi connectivity index (χ1v) is 9.93. The van der Waals surface area contributed by atoms with Gasteiger partial charge < -0.3 is 10.1 Å². The van der Waals surface area contributed by atoms with Crippen LogP contribution in [0.15, 0.2) is 82.4 Å². The van der Waals surface area contributed by atoms with Gasteiger partial charge in [-0.3, -0.25) is 19.1 Å². The Balaban J connectivity index is 1.41. The van der Waals surface area contributed by atoms with E-state index in [0.717, 1.165) is 0 Å². The lowest BCUT2D eigenvalue weighted by atomic mass is 10.2. The number of hydrogen-bond acceptors (Lipinski definition) is 4. The zero-order valence-corrected chi connectivity index (χ0v) is 17.1. The average molecular weight is 436 g/mol. The van der Waals surface area contributed by atoms with Crippen molar-refractivity contribution >= 4 is 34.1 Å². The molecule has 7 nitrogen and oxygen atoms in total. The number of fused-ring (bicyclic) bond motifs is 1. The molecule has 0 unspecified atom stereocenters. The van der Waals surface area contributed by atoms with Crippen molar-refractivity contribution in [1.29, 1.82) is 0 Å². The second kappa shape index (κ2) is 8.89. The highest BCUT2D eigenvalue weighted by Crippen LogP contribution is 2.29. The number of nitrogens with zero attached hydrogens (tertiary/aromatic N) is 1. The van der Waals surface area contributed by atoms with Gasteiger partial charge in [-0.2, -0.15) is 0 Å². The number of amides is 1. The van der Waals surface area contributed by atoms with E-state index in [9.17, 15) is 14.4 Å². The monoisotopic (exact) mass is 435 g/mol. The smallest absolute Gasteiger partial charge is 0.328 e. The largest absolute Gasteiger partial charge is 0.456 e. The van der Waals surface area contributed by atoms with E-state index in [1.165, 1.54) is 4.57 Å². The van der Waals surface area contributed by atoms with Crippen LogP contribution in [-0.4, -0.2) is 15.5 Å². The third-order valence-electron chi connectivity index (χ3n) is 4.67. The van der Waals surface area contributed by atoms with Crippen molar-refractivity contribution in [3.8, 4) is 11.5 Å². The van der Waals surface area contributed by atoms with Crippen molar-refractivity contribution in [3.05, 3.63) is 98.7 Å². The van der Waals surface area contributed by atoms with Crippen molar-refractivity contribution in [2.45, 2.75) is 13.0 Å². The van der Waals surface area contributed by atoms with E-state index < -0.39 is 11.2 Å². The number of hydrogen-bond donors (Lipinski definition) is 2. The molecule has 0 spiro atoms. The van der Waals surface area contributed by atoms with Crippen molar-refractivity contribution in [2.75, 3.05) is 5.32 Å². The van der Waals surface area contributed by atoms with E-state index in [0.29, 0.717) is 33.1 Å². The number of carbonyl (C=O) groups is 1. The van der Waals surface area contributed by atoms with E-state index in [2.05, 4.69) is 10.3 Å². The highest BCUT2D eigenvalue weighted by Gasteiger charge is 2.10. The number of H-pyrrole nitrogens is 1. The lowest BCUT2D eigenvalue weighted by molar-refractivity contribution is -0.116. The minimum atomic E-state index is -0.544. The summed E-state index contributed by atoms with van der Waals surface area (Å²) < 4.78 is 7.11.